The highest BCUT2D eigenvalue weighted by Crippen LogP contribution is 2.35. The van der Waals surface area contributed by atoms with Gasteiger partial charge in [0.2, 0.25) is 33.2 Å². The summed E-state index contributed by atoms with van der Waals surface area (Å²) in [4.78, 5) is 49.7. The lowest BCUT2D eigenvalue weighted by Gasteiger charge is -2.40. The number of piperidine rings is 1. The second kappa shape index (κ2) is 14.4. The van der Waals surface area contributed by atoms with Crippen molar-refractivity contribution in [2.75, 3.05) is 18.4 Å². The number of amides is 3. The number of hydrogen-bond acceptors (Lipinski definition) is 12. The van der Waals surface area contributed by atoms with Gasteiger partial charge in [-0.2, -0.15) is 14.6 Å². The molecule has 0 unspecified atom stereocenters. The maximum Gasteiger partial charge on any atom is 0.255 e. The molecule has 296 valence electrons. The SMILES string of the molecule is CC(C)Oc1c(-c2cn[nH]c2)ncn2nc(Nc3ccc(S(=O)(=O)c4cccc(CN5CC(c6ccc7c(c6)CN([C@H]6CCC(=O)NC6=O)C7=O)C5)c4)cc3F)nc12. The van der Waals surface area contributed by atoms with Gasteiger partial charge in [-0.05, 0) is 73.4 Å². The van der Waals surface area contributed by atoms with Crippen molar-refractivity contribution in [1.82, 2.24) is 44.9 Å². The zero-order chi connectivity index (χ0) is 40.3. The van der Waals surface area contributed by atoms with Gasteiger partial charge in [0.25, 0.3) is 5.91 Å². The molecule has 2 fully saturated rings. The Morgan fingerprint density at radius 1 is 1.03 bits per heavy atom. The van der Waals surface area contributed by atoms with Crippen molar-refractivity contribution in [3.8, 4) is 17.0 Å². The highest BCUT2D eigenvalue weighted by Gasteiger charge is 2.40. The van der Waals surface area contributed by atoms with Crippen LogP contribution in [0.15, 0.2) is 89.2 Å². The van der Waals surface area contributed by atoms with Crippen molar-refractivity contribution < 1.29 is 31.9 Å². The molecule has 0 saturated carbocycles. The standard InChI is InChI=1S/C40H37FN10O6S/c1-22(2)57-36-35(26-15-43-44-16-26)42-21-51-37(36)47-40(48-51)45-32-9-7-29(14-31(32)41)58(55,56)28-5-3-4-23(12-28)17-49-18-27(19-49)24-6-8-30-25(13-24)20-50(39(30)54)33-10-11-34(52)46-38(33)53/h3-9,12-16,21-22,27,33H,10-11,17-20H2,1-2H3,(H,43,44)(H,45,48)(H,46,52,53)/t33-/m0/s1. The van der Waals surface area contributed by atoms with E-state index in [-0.39, 0.29) is 51.7 Å². The second-order valence-corrected chi connectivity index (χ2v) is 16.9. The van der Waals surface area contributed by atoms with E-state index in [1.54, 1.807) is 29.4 Å². The van der Waals surface area contributed by atoms with E-state index < -0.39 is 27.6 Å². The number of hydrogen-bond donors (Lipinski definition) is 3. The number of carbonyl (C=O) groups excluding carboxylic acids is 3. The van der Waals surface area contributed by atoms with Gasteiger partial charge in [0.05, 0.1) is 27.8 Å². The zero-order valence-corrected chi connectivity index (χ0v) is 32.2. The fraction of sp³-hybridized carbons (Fsp3) is 0.275. The quantitative estimate of drug-likeness (QED) is 0.157. The lowest BCUT2D eigenvalue weighted by Crippen LogP contribution is -2.52. The van der Waals surface area contributed by atoms with E-state index in [0.717, 1.165) is 35.8 Å². The van der Waals surface area contributed by atoms with Gasteiger partial charge in [-0.3, -0.25) is 29.7 Å². The minimum absolute atomic E-state index is 0.0214. The molecule has 3 aliphatic rings. The van der Waals surface area contributed by atoms with Crippen LogP contribution in [0.2, 0.25) is 0 Å². The first-order valence-electron chi connectivity index (χ1n) is 18.7. The summed E-state index contributed by atoms with van der Waals surface area (Å²) in [6, 6.07) is 15.4. The number of halogens is 1. The molecule has 3 N–H and O–H groups in total. The van der Waals surface area contributed by atoms with Crippen LogP contribution in [0.4, 0.5) is 16.0 Å². The van der Waals surface area contributed by atoms with E-state index in [4.69, 9.17) is 4.74 Å². The summed E-state index contributed by atoms with van der Waals surface area (Å²) in [5.74, 6) is -1.13. The van der Waals surface area contributed by atoms with Crippen LogP contribution in [0.3, 0.4) is 0 Å². The van der Waals surface area contributed by atoms with Crippen LogP contribution in [0.5, 0.6) is 5.75 Å². The Balaban J connectivity index is 0.852. The van der Waals surface area contributed by atoms with E-state index >= 15 is 4.39 Å². The van der Waals surface area contributed by atoms with Crippen LogP contribution in [0.25, 0.3) is 16.9 Å². The van der Waals surface area contributed by atoms with E-state index in [9.17, 15) is 22.8 Å². The summed E-state index contributed by atoms with van der Waals surface area (Å²) in [5.41, 5.74) is 4.83. The smallest absolute Gasteiger partial charge is 0.255 e. The molecule has 16 nitrogen and oxygen atoms in total. The summed E-state index contributed by atoms with van der Waals surface area (Å²) < 4.78 is 50.5. The van der Waals surface area contributed by atoms with Gasteiger partial charge in [-0.1, -0.05) is 24.3 Å². The number of H-pyrrole nitrogens is 1. The van der Waals surface area contributed by atoms with Crippen LogP contribution in [-0.4, -0.2) is 91.0 Å². The molecule has 18 heteroatoms. The molecule has 0 aliphatic carbocycles. The van der Waals surface area contributed by atoms with Crippen molar-refractivity contribution in [2.24, 2.45) is 0 Å². The Labute approximate surface area is 331 Å². The number of aromatic amines is 1. The van der Waals surface area contributed by atoms with Crippen LogP contribution < -0.4 is 15.4 Å². The van der Waals surface area contributed by atoms with Crippen molar-refractivity contribution >= 4 is 44.8 Å². The Morgan fingerprint density at radius 3 is 2.62 bits per heavy atom. The van der Waals surface area contributed by atoms with Gasteiger partial charge in [0, 0.05) is 55.8 Å². The number of fused-ring (bicyclic) bond motifs is 2. The summed E-state index contributed by atoms with van der Waals surface area (Å²) >= 11 is 0. The minimum Gasteiger partial charge on any atom is -0.485 e. The number of carbonyl (C=O) groups is 3. The largest absolute Gasteiger partial charge is 0.485 e. The first kappa shape index (κ1) is 37.1. The molecule has 2 saturated heterocycles. The van der Waals surface area contributed by atoms with Gasteiger partial charge in [0.15, 0.2) is 5.75 Å². The average Bonchev–Trinajstić information content (AvgIpc) is 3.93. The molecule has 0 bridgehead atoms. The predicted molar refractivity (Wildman–Crippen MR) is 206 cm³/mol. The predicted octanol–water partition coefficient (Wildman–Crippen LogP) is 4.38. The Kier molecular flexibility index (Phi) is 9.23. The molecule has 3 amide bonds. The number of anilines is 2. The Hall–Kier alpha value is -6.53. The summed E-state index contributed by atoms with van der Waals surface area (Å²) in [6.45, 7) is 6.03. The number of likely N-dealkylation sites (tertiary alicyclic amines) is 1. The third-order valence-electron chi connectivity index (χ3n) is 10.6. The molecule has 3 aromatic carbocycles. The van der Waals surface area contributed by atoms with Crippen molar-refractivity contribution in [1.29, 1.82) is 0 Å². The first-order valence-corrected chi connectivity index (χ1v) is 20.2. The topological polar surface area (TPSA) is 197 Å². The number of imide groups is 1. The second-order valence-electron chi connectivity index (χ2n) is 14.9. The zero-order valence-electron chi connectivity index (χ0n) is 31.3. The summed E-state index contributed by atoms with van der Waals surface area (Å²) in [6.07, 6.45) is 5.05. The highest BCUT2D eigenvalue weighted by molar-refractivity contribution is 7.91. The van der Waals surface area contributed by atoms with Crippen LogP contribution in [-0.2, 0) is 32.5 Å². The van der Waals surface area contributed by atoms with E-state index in [0.29, 0.717) is 47.7 Å². The maximum absolute atomic E-state index is 15.6. The molecule has 3 aromatic heterocycles. The summed E-state index contributed by atoms with van der Waals surface area (Å²) in [7, 11) is -4.07. The first-order chi connectivity index (χ1) is 27.9. The van der Waals surface area contributed by atoms with Crippen LogP contribution >= 0.6 is 0 Å². The number of ether oxygens (including phenoxy) is 1. The average molecular weight is 805 g/mol. The van der Waals surface area contributed by atoms with Crippen molar-refractivity contribution in [3.63, 3.8) is 0 Å². The number of benzene rings is 3. The third-order valence-corrected chi connectivity index (χ3v) is 12.3. The van der Waals surface area contributed by atoms with E-state index in [2.05, 4.69) is 40.8 Å². The monoisotopic (exact) mass is 804 g/mol. The van der Waals surface area contributed by atoms with Gasteiger partial charge in [0.1, 0.15) is 23.9 Å². The van der Waals surface area contributed by atoms with Crippen molar-refractivity contribution in [2.45, 2.75) is 67.6 Å². The number of sulfone groups is 1. The summed E-state index contributed by atoms with van der Waals surface area (Å²) in [5, 5.41) is 16.3. The molecular formula is C40H37FN10O6S. The highest BCUT2D eigenvalue weighted by atomic mass is 32.2. The van der Waals surface area contributed by atoms with Gasteiger partial charge < -0.3 is 15.0 Å². The molecule has 1 atom stereocenters. The molecule has 9 rings (SSSR count). The molecule has 58 heavy (non-hydrogen) atoms. The van der Waals surface area contributed by atoms with Gasteiger partial charge >= 0.3 is 0 Å². The van der Waals surface area contributed by atoms with E-state index in [1.807, 2.05) is 38.1 Å². The maximum atomic E-state index is 15.6. The molecule has 6 heterocycles. The van der Waals surface area contributed by atoms with Crippen molar-refractivity contribution in [3.05, 3.63) is 107 Å². The van der Waals surface area contributed by atoms with E-state index in [1.165, 1.54) is 29.0 Å². The molecule has 6 aromatic rings. The fourth-order valence-electron chi connectivity index (χ4n) is 7.67. The van der Waals surface area contributed by atoms with Gasteiger partial charge in [-0.25, -0.2) is 17.8 Å². The Morgan fingerprint density at radius 2 is 1.86 bits per heavy atom. The van der Waals surface area contributed by atoms with Crippen LogP contribution in [0, 0.1) is 5.82 Å². The van der Waals surface area contributed by atoms with Crippen LogP contribution in [0.1, 0.15) is 59.7 Å². The lowest BCUT2D eigenvalue weighted by atomic mass is 9.89. The molecule has 0 spiro atoms. The number of nitrogens with zero attached hydrogens (tertiary/aromatic N) is 7. The number of nitrogens with one attached hydrogen (secondary N) is 3. The Bertz CT molecular complexity index is 2730. The number of aromatic nitrogens is 6. The fourth-order valence-corrected chi connectivity index (χ4v) is 9.01. The lowest BCUT2D eigenvalue weighted by molar-refractivity contribution is -0.136. The molecule has 3 aliphatic heterocycles. The molecular weight excluding hydrogens is 768 g/mol. The minimum atomic E-state index is -4.07. The normalized spacial score (nSPS) is 17.5. The molecule has 0 radical (unpaired) electrons. The van der Waals surface area contributed by atoms with Gasteiger partial charge in [-0.15, -0.1) is 5.10 Å². The third kappa shape index (κ3) is 6.83. The number of rotatable bonds is 11.